The van der Waals surface area contributed by atoms with Crippen LogP contribution in [-0.2, 0) is 0 Å². The molecule has 3 nitrogen and oxygen atoms in total. The van der Waals surface area contributed by atoms with Gasteiger partial charge in [-0.15, -0.1) is 0 Å². The maximum absolute atomic E-state index is 10.6. The van der Waals surface area contributed by atoms with Crippen molar-refractivity contribution in [2.45, 2.75) is 26.7 Å². The predicted molar refractivity (Wildman–Crippen MR) is 66.0 cm³/mol. The van der Waals surface area contributed by atoms with E-state index in [4.69, 9.17) is 10.00 Å². The smallest absolute Gasteiger partial charge is 0.150 e. The Bertz CT molecular complexity index is 418. The van der Waals surface area contributed by atoms with Crippen LogP contribution in [0.5, 0.6) is 5.75 Å². The van der Waals surface area contributed by atoms with Gasteiger partial charge >= 0.3 is 0 Å². The Labute approximate surface area is 102 Å². The zero-order valence-electron chi connectivity index (χ0n) is 10.3. The number of carbonyl (C=O) groups is 1. The molecule has 3 heteroatoms. The van der Waals surface area contributed by atoms with E-state index < -0.39 is 0 Å². The average Bonchev–Trinajstić information content (AvgIpc) is 2.35. The van der Waals surface area contributed by atoms with Crippen molar-refractivity contribution in [1.82, 2.24) is 0 Å². The number of nitriles is 1. The van der Waals surface area contributed by atoms with Crippen molar-refractivity contribution in [3.8, 4) is 11.8 Å². The molecule has 0 amide bonds. The quantitative estimate of drug-likeness (QED) is 0.558. The van der Waals surface area contributed by atoms with Gasteiger partial charge in [-0.05, 0) is 38.8 Å². The van der Waals surface area contributed by atoms with Crippen LogP contribution in [0.2, 0.25) is 0 Å². The molecule has 0 radical (unpaired) electrons. The number of nitrogens with zero attached hydrogens (tertiary/aromatic N) is 1. The molecule has 1 aromatic rings. The molecule has 0 unspecified atom stereocenters. The minimum absolute atomic E-state index is 0.298. The topological polar surface area (TPSA) is 50.1 Å². The van der Waals surface area contributed by atoms with Crippen LogP contribution in [0, 0.1) is 16.7 Å². The first kappa shape index (κ1) is 13.2. The molecule has 0 atom stereocenters. The van der Waals surface area contributed by atoms with Crippen LogP contribution in [0.1, 0.15) is 37.0 Å². The van der Waals surface area contributed by atoms with Gasteiger partial charge in [-0.2, -0.15) is 5.26 Å². The van der Waals surface area contributed by atoms with Crippen molar-refractivity contribution in [2.24, 2.45) is 5.41 Å². The molecule has 0 spiro atoms. The Morgan fingerprint density at radius 2 is 2.24 bits per heavy atom. The lowest BCUT2D eigenvalue weighted by molar-refractivity contribution is 0.112. The first-order valence-corrected chi connectivity index (χ1v) is 5.67. The fraction of sp³-hybridized carbons (Fsp3) is 0.429. The zero-order valence-corrected chi connectivity index (χ0v) is 10.3. The first-order chi connectivity index (χ1) is 8.07. The third-order valence-corrected chi connectivity index (χ3v) is 2.51. The third-order valence-electron chi connectivity index (χ3n) is 2.51. The highest BCUT2D eigenvalue weighted by atomic mass is 16.5. The monoisotopic (exact) mass is 231 g/mol. The van der Waals surface area contributed by atoms with E-state index in [9.17, 15) is 4.79 Å². The summed E-state index contributed by atoms with van der Waals surface area (Å²) in [5, 5.41) is 8.85. The van der Waals surface area contributed by atoms with Gasteiger partial charge in [0.1, 0.15) is 12.0 Å². The number of ether oxygens (including phenoxy) is 1. The molecular weight excluding hydrogens is 214 g/mol. The molecular formula is C14H17NO2. The minimum atomic E-state index is -0.298. The molecule has 90 valence electrons. The number of hydrogen-bond acceptors (Lipinski definition) is 3. The van der Waals surface area contributed by atoms with E-state index in [1.165, 1.54) is 0 Å². The lowest BCUT2D eigenvalue weighted by Gasteiger charge is -2.14. The molecule has 0 saturated carbocycles. The molecule has 17 heavy (non-hydrogen) atoms. The highest BCUT2D eigenvalue weighted by Gasteiger charge is 2.15. The second-order valence-corrected chi connectivity index (χ2v) is 4.64. The summed E-state index contributed by atoms with van der Waals surface area (Å²) < 4.78 is 5.52. The minimum Gasteiger partial charge on any atom is -0.494 e. The summed E-state index contributed by atoms with van der Waals surface area (Å²) in [6.07, 6.45) is 2.42. The largest absolute Gasteiger partial charge is 0.494 e. The Balaban J connectivity index is 2.36. The van der Waals surface area contributed by atoms with Gasteiger partial charge < -0.3 is 4.74 Å². The van der Waals surface area contributed by atoms with Crippen molar-refractivity contribution in [3.05, 3.63) is 29.8 Å². The van der Waals surface area contributed by atoms with E-state index in [0.29, 0.717) is 17.9 Å². The fourth-order valence-electron chi connectivity index (χ4n) is 1.44. The summed E-state index contributed by atoms with van der Waals surface area (Å²) >= 11 is 0. The SMILES string of the molecule is CC(C)(C#N)CCCOc1cccc(C=O)c1. The Kier molecular flexibility index (Phi) is 4.71. The molecule has 0 saturated heterocycles. The van der Waals surface area contributed by atoms with E-state index in [0.717, 1.165) is 19.1 Å². The summed E-state index contributed by atoms with van der Waals surface area (Å²) in [7, 11) is 0. The predicted octanol–water partition coefficient (Wildman–Crippen LogP) is 3.21. The summed E-state index contributed by atoms with van der Waals surface area (Å²) in [6.45, 7) is 4.40. The highest BCUT2D eigenvalue weighted by Crippen LogP contribution is 2.21. The summed E-state index contributed by atoms with van der Waals surface area (Å²) in [4.78, 5) is 10.6. The maximum atomic E-state index is 10.6. The molecule has 0 heterocycles. The van der Waals surface area contributed by atoms with Crippen molar-refractivity contribution >= 4 is 6.29 Å². The first-order valence-electron chi connectivity index (χ1n) is 5.67. The van der Waals surface area contributed by atoms with E-state index in [-0.39, 0.29) is 5.41 Å². The highest BCUT2D eigenvalue weighted by molar-refractivity contribution is 5.75. The standard InChI is InChI=1S/C14H17NO2/c1-14(2,11-15)7-4-8-17-13-6-3-5-12(9-13)10-16/h3,5-6,9-10H,4,7-8H2,1-2H3. The number of rotatable bonds is 6. The van der Waals surface area contributed by atoms with Crippen LogP contribution in [0.25, 0.3) is 0 Å². The van der Waals surface area contributed by atoms with Crippen molar-refractivity contribution in [2.75, 3.05) is 6.61 Å². The molecule has 0 fully saturated rings. The lowest BCUT2D eigenvalue weighted by atomic mass is 9.90. The van der Waals surface area contributed by atoms with Crippen molar-refractivity contribution in [1.29, 1.82) is 5.26 Å². The summed E-state index contributed by atoms with van der Waals surface area (Å²) in [5.41, 5.74) is 0.313. The Morgan fingerprint density at radius 3 is 2.88 bits per heavy atom. The lowest BCUT2D eigenvalue weighted by Crippen LogP contribution is -2.10. The molecule has 1 aromatic carbocycles. The van der Waals surface area contributed by atoms with Gasteiger partial charge in [0.15, 0.2) is 0 Å². The van der Waals surface area contributed by atoms with Gasteiger partial charge in [0.25, 0.3) is 0 Å². The number of aldehydes is 1. The Morgan fingerprint density at radius 1 is 1.47 bits per heavy atom. The molecule has 0 aliphatic heterocycles. The molecule has 0 aromatic heterocycles. The van der Waals surface area contributed by atoms with Crippen LogP contribution in [0.15, 0.2) is 24.3 Å². The summed E-state index contributed by atoms with van der Waals surface area (Å²) in [6, 6.07) is 9.31. The van der Waals surface area contributed by atoms with Gasteiger partial charge in [0.05, 0.1) is 18.1 Å². The number of benzene rings is 1. The van der Waals surface area contributed by atoms with Crippen molar-refractivity contribution in [3.63, 3.8) is 0 Å². The van der Waals surface area contributed by atoms with Crippen LogP contribution in [-0.4, -0.2) is 12.9 Å². The van der Waals surface area contributed by atoms with Gasteiger partial charge in [0.2, 0.25) is 0 Å². The molecule has 0 aliphatic rings. The maximum Gasteiger partial charge on any atom is 0.150 e. The normalized spacial score (nSPS) is 10.6. The van der Waals surface area contributed by atoms with E-state index in [1.807, 2.05) is 19.9 Å². The average molecular weight is 231 g/mol. The number of hydrogen-bond donors (Lipinski definition) is 0. The molecule has 0 bridgehead atoms. The Hall–Kier alpha value is -1.82. The van der Waals surface area contributed by atoms with Crippen molar-refractivity contribution < 1.29 is 9.53 Å². The molecule has 1 rings (SSSR count). The molecule has 0 N–H and O–H groups in total. The van der Waals surface area contributed by atoms with Crippen LogP contribution >= 0.6 is 0 Å². The van der Waals surface area contributed by atoms with E-state index >= 15 is 0 Å². The van der Waals surface area contributed by atoms with Gasteiger partial charge in [0, 0.05) is 5.56 Å². The second-order valence-electron chi connectivity index (χ2n) is 4.64. The van der Waals surface area contributed by atoms with Gasteiger partial charge in [-0.1, -0.05) is 12.1 Å². The second kappa shape index (κ2) is 6.05. The van der Waals surface area contributed by atoms with Gasteiger partial charge in [-0.3, -0.25) is 4.79 Å². The summed E-state index contributed by atoms with van der Waals surface area (Å²) in [5.74, 6) is 0.698. The molecule has 0 aliphatic carbocycles. The zero-order chi connectivity index (χ0) is 12.7. The van der Waals surface area contributed by atoms with E-state index in [2.05, 4.69) is 6.07 Å². The van der Waals surface area contributed by atoms with Crippen LogP contribution < -0.4 is 4.74 Å². The third kappa shape index (κ3) is 4.69. The fourth-order valence-corrected chi connectivity index (χ4v) is 1.44. The number of carbonyl (C=O) groups excluding carboxylic acids is 1. The van der Waals surface area contributed by atoms with E-state index in [1.54, 1.807) is 18.2 Å². The van der Waals surface area contributed by atoms with Crippen LogP contribution in [0.3, 0.4) is 0 Å². The van der Waals surface area contributed by atoms with Gasteiger partial charge in [-0.25, -0.2) is 0 Å². The van der Waals surface area contributed by atoms with Crippen LogP contribution in [0.4, 0.5) is 0 Å².